The molecular weight excluding hydrogens is 785 g/mol. The number of nitrogens with zero attached hydrogens (tertiary/aromatic N) is 4. The van der Waals surface area contributed by atoms with Gasteiger partial charge < -0.3 is 4.57 Å². The molecule has 0 amide bonds. The van der Waals surface area contributed by atoms with Gasteiger partial charge in [0.05, 0.1) is 22.1 Å². The molecule has 12 aromatic rings. The third-order valence-corrected chi connectivity index (χ3v) is 14.7. The second-order valence-electron chi connectivity index (χ2n) is 16.6. The van der Waals surface area contributed by atoms with E-state index in [2.05, 4.69) is 174 Å². The summed E-state index contributed by atoms with van der Waals surface area (Å²) in [7, 11) is 0. The van der Waals surface area contributed by atoms with Crippen LogP contribution in [0.2, 0.25) is 0 Å². The third-order valence-electron chi connectivity index (χ3n) is 13.5. The molecule has 63 heavy (non-hydrogen) atoms. The van der Waals surface area contributed by atoms with Crippen molar-refractivity contribution in [2.45, 2.75) is 5.41 Å². The summed E-state index contributed by atoms with van der Waals surface area (Å²) in [5.41, 5.74) is 16.5. The number of aromatic nitrogens is 4. The van der Waals surface area contributed by atoms with E-state index in [4.69, 9.17) is 15.0 Å². The summed E-state index contributed by atoms with van der Waals surface area (Å²) in [4.78, 5) is 15.5. The summed E-state index contributed by atoms with van der Waals surface area (Å²) in [6.07, 6.45) is 0. The normalized spacial score (nSPS) is 13.2. The highest BCUT2D eigenvalue weighted by Gasteiger charge is 2.52. The van der Waals surface area contributed by atoms with Crippen molar-refractivity contribution in [3.63, 3.8) is 0 Å². The minimum absolute atomic E-state index is 0.479. The summed E-state index contributed by atoms with van der Waals surface area (Å²) in [5, 5.41) is 4.94. The average Bonchev–Trinajstić information content (AvgIpc) is 4.08. The monoisotopic (exact) mass is 818 g/mol. The van der Waals surface area contributed by atoms with Gasteiger partial charge in [-0.2, -0.15) is 0 Å². The Labute approximate surface area is 367 Å². The van der Waals surface area contributed by atoms with Gasteiger partial charge in [-0.05, 0) is 74.8 Å². The number of fused-ring (bicyclic) bond motifs is 17. The van der Waals surface area contributed by atoms with Crippen LogP contribution < -0.4 is 0 Å². The standard InChI is InChI=1S/C58H34N4S/c1-3-17-35(18-4-1)55-59-56(36-19-5-2-6-20-36)61-57(60-55)43-32-34-49(52-42-25-11-16-30-50(42)63-54(43)52)62-47-29-15-10-24-41(47)51-48(62)33-31-40-39-23-9-14-28-46(39)58(53(40)51)44-26-12-7-21-37(44)38-22-8-13-27-45(38)58/h1-34H. The fourth-order valence-electron chi connectivity index (χ4n) is 11.0. The van der Waals surface area contributed by atoms with Gasteiger partial charge in [0, 0.05) is 47.6 Å². The zero-order valence-corrected chi connectivity index (χ0v) is 34.6. The molecule has 2 aliphatic rings. The molecule has 0 radical (unpaired) electrons. The Kier molecular flexibility index (Phi) is 7.16. The molecule has 0 bridgehead atoms. The van der Waals surface area contributed by atoms with Crippen LogP contribution in [0, 0.1) is 0 Å². The van der Waals surface area contributed by atoms with Gasteiger partial charge in [-0.1, -0.05) is 176 Å². The van der Waals surface area contributed by atoms with Crippen molar-refractivity contribution in [2.24, 2.45) is 0 Å². The van der Waals surface area contributed by atoms with Crippen LogP contribution in [0.3, 0.4) is 0 Å². The van der Waals surface area contributed by atoms with E-state index in [9.17, 15) is 0 Å². The van der Waals surface area contributed by atoms with Crippen LogP contribution in [0.1, 0.15) is 22.3 Å². The van der Waals surface area contributed by atoms with Gasteiger partial charge in [-0.15, -0.1) is 11.3 Å². The number of rotatable bonds is 4. The van der Waals surface area contributed by atoms with E-state index < -0.39 is 5.41 Å². The maximum absolute atomic E-state index is 5.23. The highest BCUT2D eigenvalue weighted by Crippen LogP contribution is 2.64. The van der Waals surface area contributed by atoms with E-state index >= 15 is 0 Å². The molecule has 4 nitrogen and oxygen atoms in total. The molecule has 0 aliphatic heterocycles. The molecule has 3 heterocycles. The molecule has 1 spiro atoms. The lowest BCUT2D eigenvalue weighted by Gasteiger charge is -2.31. The highest BCUT2D eigenvalue weighted by molar-refractivity contribution is 7.26. The predicted octanol–water partition coefficient (Wildman–Crippen LogP) is 14.7. The molecule has 292 valence electrons. The summed E-state index contributed by atoms with van der Waals surface area (Å²) < 4.78 is 4.89. The molecule has 0 saturated carbocycles. The second kappa shape index (κ2) is 13.0. The smallest absolute Gasteiger partial charge is 0.165 e. The number of benzene rings is 9. The maximum atomic E-state index is 5.23. The van der Waals surface area contributed by atoms with E-state index in [1.165, 1.54) is 81.8 Å². The summed E-state index contributed by atoms with van der Waals surface area (Å²) in [6.45, 7) is 0. The first-order valence-electron chi connectivity index (χ1n) is 21.5. The first-order valence-corrected chi connectivity index (χ1v) is 22.3. The molecule has 0 N–H and O–H groups in total. The van der Waals surface area contributed by atoms with Crippen LogP contribution in [-0.4, -0.2) is 19.5 Å². The summed E-state index contributed by atoms with van der Waals surface area (Å²) in [5.74, 6) is 1.96. The molecule has 0 fully saturated rings. The number of thiophene rings is 1. The van der Waals surface area contributed by atoms with Gasteiger partial charge >= 0.3 is 0 Å². The predicted molar refractivity (Wildman–Crippen MR) is 260 cm³/mol. The molecule has 2 aliphatic carbocycles. The Morgan fingerprint density at radius 1 is 0.365 bits per heavy atom. The van der Waals surface area contributed by atoms with Gasteiger partial charge in [0.2, 0.25) is 0 Å². The Bertz CT molecular complexity index is 3740. The van der Waals surface area contributed by atoms with Crippen LogP contribution in [0.15, 0.2) is 206 Å². The van der Waals surface area contributed by atoms with Crippen LogP contribution in [-0.2, 0) is 5.41 Å². The molecule has 3 aromatic heterocycles. The van der Waals surface area contributed by atoms with Crippen LogP contribution in [0.4, 0.5) is 0 Å². The number of para-hydroxylation sites is 1. The zero-order valence-electron chi connectivity index (χ0n) is 33.8. The lowest BCUT2D eigenvalue weighted by atomic mass is 9.69. The minimum Gasteiger partial charge on any atom is -0.309 e. The van der Waals surface area contributed by atoms with Crippen molar-refractivity contribution < 1.29 is 0 Å². The Hall–Kier alpha value is -7.99. The highest BCUT2D eigenvalue weighted by atomic mass is 32.1. The van der Waals surface area contributed by atoms with Gasteiger partial charge in [0.15, 0.2) is 17.5 Å². The first kappa shape index (κ1) is 34.7. The van der Waals surface area contributed by atoms with E-state index in [0.29, 0.717) is 17.5 Å². The van der Waals surface area contributed by atoms with Crippen molar-refractivity contribution >= 4 is 53.3 Å². The van der Waals surface area contributed by atoms with Gasteiger partial charge in [-0.25, -0.2) is 15.0 Å². The SMILES string of the molecule is c1ccc(-c2nc(-c3ccccc3)nc(-c3ccc(-n4c5ccccc5c5c6c(ccc54)-c4ccccc4C64c5ccccc5-c5ccccc54)c4c3sc3ccccc34)n2)cc1. The number of hydrogen-bond acceptors (Lipinski definition) is 4. The second-order valence-corrected chi connectivity index (χ2v) is 17.6. The Morgan fingerprint density at radius 3 is 1.52 bits per heavy atom. The van der Waals surface area contributed by atoms with Crippen molar-refractivity contribution in [1.29, 1.82) is 0 Å². The molecule has 14 rings (SSSR count). The minimum atomic E-state index is -0.479. The quantitative estimate of drug-likeness (QED) is 0.178. The Balaban J connectivity index is 1.09. The molecule has 0 atom stereocenters. The topological polar surface area (TPSA) is 43.6 Å². The molecule has 9 aromatic carbocycles. The van der Waals surface area contributed by atoms with Crippen LogP contribution in [0.5, 0.6) is 0 Å². The van der Waals surface area contributed by atoms with Crippen molar-refractivity contribution in [3.8, 4) is 62.1 Å². The average molecular weight is 819 g/mol. The Morgan fingerprint density at radius 2 is 0.873 bits per heavy atom. The largest absolute Gasteiger partial charge is 0.309 e. The summed E-state index contributed by atoms with van der Waals surface area (Å²) in [6, 6.07) is 74.8. The van der Waals surface area contributed by atoms with E-state index in [0.717, 1.165) is 27.1 Å². The summed E-state index contributed by atoms with van der Waals surface area (Å²) >= 11 is 1.81. The fraction of sp³-hybridized carbons (Fsp3) is 0.0172. The van der Waals surface area contributed by atoms with Crippen LogP contribution in [0.25, 0.3) is 104 Å². The van der Waals surface area contributed by atoms with Gasteiger partial charge in [0.25, 0.3) is 0 Å². The van der Waals surface area contributed by atoms with Crippen molar-refractivity contribution in [3.05, 3.63) is 229 Å². The van der Waals surface area contributed by atoms with Gasteiger partial charge in [0.1, 0.15) is 0 Å². The molecule has 0 saturated heterocycles. The third kappa shape index (κ3) is 4.66. The molecule has 5 heteroatoms. The first-order chi connectivity index (χ1) is 31.3. The number of hydrogen-bond donors (Lipinski definition) is 0. The van der Waals surface area contributed by atoms with Crippen molar-refractivity contribution in [1.82, 2.24) is 19.5 Å². The molecule has 0 unspecified atom stereocenters. The van der Waals surface area contributed by atoms with Crippen LogP contribution >= 0.6 is 11.3 Å². The maximum Gasteiger partial charge on any atom is 0.165 e. The zero-order chi connectivity index (χ0) is 41.2. The lowest BCUT2D eigenvalue weighted by Crippen LogP contribution is -2.26. The lowest BCUT2D eigenvalue weighted by molar-refractivity contribution is 0.802. The van der Waals surface area contributed by atoms with E-state index in [1.54, 1.807) is 11.3 Å². The van der Waals surface area contributed by atoms with Crippen molar-refractivity contribution in [2.75, 3.05) is 0 Å². The van der Waals surface area contributed by atoms with E-state index in [-0.39, 0.29) is 0 Å². The van der Waals surface area contributed by atoms with Gasteiger partial charge in [-0.3, -0.25) is 0 Å². The molecular formula is C58H34N4S. The van der Waals surface area contributed by atoms with E-state index in [1.807, 2.05) is 36.4 Å². The fourth-order valence-corrected chi connectivity index (χ4v) is 12.2.